The summed E-state index contributed by atoms with van der Waals surface area (Å²) in [5.41, 5.74) is 2.71. The molecule has 1 heteroatoms. The van der Waals surface area contributed by atoms with Crippen molar-refractivity contribution in [3.63, 3.8) is 0 Å². The van der Waals surface area contributed by atoms with Crippen LogP contribution >= 0.6 is 0 Å². The summed E-state index contributed by atoms with van der Waals surface area (Å²) >= 11 is 0. The summed E-state index contributed by atoms with van der Waals surface area (Å²) < 4.78 is 0. The van der Waals surface area contributed by atoms with Gasteiger partial charge in [0.25, 0.3) is 0 Å². The zero-order chi connectivity index (χ0) is 11.1. The van der Waals surface area contributed by atoms with Crippen molar-refractivity contribution in [3.8, 4) is 0 Å². The monoisotopic (exact) mass is 204 g/mol. The van der Waals surface area contributed by atoms with E-state index in [1.54, 1.807) is 0 Å². The standard InChI is InChI=1S/C14H20O/c1-12-7-9-14(10-8-12)13(2)6-4-3-5-11-15/h3,5,7-10,13,15H,4,6,11H2,1-2H3/b5-3+/t13-/m0/s1. The van der Waals surface area contributed by atoms with Crippen LogP contribution in [0.1, 0.15) is 36.8 Å². The highest BCUT2D eigenvalue weighted by Crippen LogP contribution is 2.20. The van der Waals surface area contributed by atoms with E-state index < -0.39 is 0 Å². The molecule has 0 fully saturated rings. The number of hydrogen-bond acceptors (Lipinski definition) is 1. The molecule has 0 heterocycles. The molecule has 0 unspecified atom stereocenters. The van der Waals surface area contributed by atoms with E-state index in [2.05, 4.69) is 38.1 Å². The zero-order valence-electron chi connectivity index (χ0n) is 9.61. The fourth-order valence-corrected chi connectivity index (χ4v) is 1.60. The van der Waals surface area contributed by atoms with Crippen LogP contribution in [0.5, 0.6) is 0 Å². The highest BCUT2D eigenvalue weighted by molar-refractivity contribution is 5.24. The molecule has 0 saturated carbocycles. The smallest absolute Gasteiger partial charge is 0.0612 e. The normalized spacial score (nSPS) is 13.3. The van der Waals surface area contributed by atoms with E-state index >= 15 is 0 Å². The molecule has 0 bridgehead atoms. The SMILES string of the molecule is Cc1ccc([C@@H](C)CC/C=C/CO)cc1. The Morgan fingerprint density at radius 2 is 1.87 bits per heavy atom. The fourth-order valence-electron chi connectivity index (χ4n) is 1.60. The van der Waals surface area contributed by atoms with Crippen molar-refractivity contribution in [2.45, 2.75) is 32.6 Å². The van der Waals surface area contributed by atoms with Crippen LogP contribution in [0.15, 0.2) is 36.4 Å². The van der Waals surface area contributed by atoms with Crippen LogP contribution in [-0.2, 0) is 0 Å². The molecule has 0 aromatic heterocycles. The minimum atomic E-state index is 0.152. The molecule has 0 saturated heterocycles. The Balaban J connectivity index is 2.43. The van der Waals surface area contributed by atoms with Crippen LogP contribution in [0.25, 0.3) is 0 Å². The van der Waals surface area contributed by atoms with Crippen molar-refractivity contribution in [1.29, 1.82) is 0 Å². The minimum absolute atomic E-state index is 0.152. The molecule has 15 heavy (non-hydrogen) atoms. The van der Waals surface area contributed by atoms with Crippen LogP contribution in [0, 0.1) is 6.92 Å². The van der Waals surface area contributed by atoms with Crippen molar-refractivity contribution < 1.29 is 5.11 Å². The van der Waals surface area contributed by atoms with Gasteiger partial charge in [-0.05, 0) is 31.2 Å². The number of aryl methyl sites for hydroxylation is 1. The van der Waals surface area contributed by atoms with Gasteiger partial charge in [-0.2, -0.15) is 0 Å². The van der Waals surface area contributed by atoms with Crippen molar-refractivity contribution >= 4 is 0 Å². The van der Waals surface area contributed by atoms with E-state index in [4.69, 9.17) is 5.11 Å². The van der Waals surface area contributed by atoms with Crippen LogP contribution in [-0.4, -0.2) is 11.7 Å². The van der Waals surface area contributed by atoms with Crippen molar-refractivity contribution in [1.82, 2.24) is 0 Å². The van der Waals surface area contributed by atoms with E-state index in [-0.39, 0.29) is 6.61 Å². The lowest BCUT2D eigenvalue weighted by Crippen LogP contribution is -1.92. The van der Waals surface area contributed by atoms with Gasteiger partial charge < -0.3 is 5.11 Å². The number of aliphatic hydroxyl groups is 1. The highest BCUT2D eigenvalue weighted by atomic mass is 16.2. The summed E-state index contributed by atoms with van der Waals surface area (Å²) in [5.74, 6) is 0.592. The molecule has 1 aromatic rings. The van der Waals surface area contributed by atoms with Gasteiger partial charge in [-0.3, -0.25) is 0 Å². The maximum absolute atomic E-state index is 8.59. The summed E-state index contributed by atoms with van der Waals surface area (Å²) in [4.78, 5) is 0. The number of rotatable bonds is 5. The lowest BCUT2D eigenvalue weighted by molar-refractivity contribution is 0.342. The van der Waals surface area contributed by atoms with Crippen molar-refractivity contribution in [3.05, 3.63) is 47.5 Å². The van der Waals surface area contributed by atoms with Gasteiger partial charge in [0.1, 0.15) is 0 Å². The van der Waals surface area contributed by atoms with E-state index in [9.17, 15) is 0 Å². The van der Waals surface area contributed by atoms with Gasteiger partial charge in [0.2, 0.25) is 0 Å². The van der Waals surface area contributed by atoms with E-state index in [1.807, 2.05) is 12.2 Å². The van der Waals surface area contributed by atoms with E-state index in [0.29, 0.717) is 5.92 Å². The molecule has 0 aliphatic carbocycles. The summed E-state index contributed by atoms with van der Waals surface area (Å²) in [7, 11) is 0. The highest BCUT2D eigenvalue weighted by Gasteiger charge is 2.03. The first-order valence-electron chi connectivity index (χ1n) is 5.56. The second kappa shape index (κ2) is 6.41. The van der Waals surface area contributed by atoms with Crippen LogP contribution in [0.3, 0.4) is 0 Å². The summed E-state index contributed by atoms with van der Waals surface area (Å²) in [6.07, 6.45) is 6.03. The van der Waals surface area contributed by atoms with Gasteiger partial charge in [0, 0.05) is 0 Å². The predicted molar refractivity (Wildman–Crippen MR) is 65.1 cm³/mol. The van der Waals surface area contributed by atoms with Crippen molar-refractivity contribution in [2.24, 2.45) is 0 Å². The van der Waals surface area contributed by atoms with E-state index in [1.165, 1.54) is 11.1 Å². The third kappa shape index (κ3) is 4.30. The molecule has 0 radical (unpaired) electrons. The molecule has 1 rings (SSSR count). The maximum atomic E-state index is 8.59. The summed E-state index contributed by atoms with van der Waals surface area (Å²) in [6, 6.07) is 8.73. The molecule has 1 aromatic carbocycles. The molecule has 1 N–H and O–H groups in total. The first kappa shape index (κ1) is 12.0. The second-order valence-corrected chi connectivity index (χ2v) is 4.04. The Morgan fingerprint density at radius 3 is 2.47 bits per heavy atom. The number of hydrogen-bond donors (Lipinski definition) is 1. The summed E-state index contributed by atoms with van der Waals surface area (Å²) in [5, 5.41) is 8.59. The molecule has 0 amide bonds. The van der Waals surface area contributed by atoms with Crippen molar-refractivity contribution in [2.75, 3.05) is 6.61 Å². The molecule has 0 aliphatic rings. The van der Waals surface area contributed by atoms with E-state index in [0.717, 1.165) is 12.8 Å². The first-order chi connectivity index (χ1) is 7.24. The molecule has 1 nitrogen and oxygen atoms in total. The number of allylic oxidation sites excluding steroid dienone is 1. The van der Waals surface area contributed by atoms with Gasteiger partial charge in [-0.15, -0.1) is 0 Å². The van der Waals surface area contributed by atoms with Crippen LogP contribution < -0.4 is 0 Å². The zero-order valence-corrected chi connectivity index (χ0v) is 9.61. The Bertz CT molecular complexity index is 298. The van der Waals surface area contributed by atoms with Crippen LogP contribution in [0.4, 0.5) is 0 Å². The maximum Gasteiger partial charge on any atom is 0.0612 e. The fraction of sp³-hybridized carbons (Fsp3) is 0.429. The topological polar surface area (TPSA) is 20.2 Å². The molecule has 1 atom stereocenters. The van der Waals surface area contributed by atoms with Gasteiger partial charge in [-0.25, -0.2) is 0 Å². The van der Waals surface area contributed by atoms with Gasteiger partial charge in [-0.1, -0.05) is 48.9 Å². The Labute approximate surface area is 92.5 Å². The Hall–Kier alpha value is -1.08. The second-order valence-electron chi connectivity index (χ2n) is 4.04. The lowest BCUT2D eigenvalue weighted by atomic mass is 9.95. The Morgan fingerprint density at radius 1 is 1.20 bits per heavy atom. The Kier molecular flexibility index (Phi) is 5.13. The average Bonchev–Trinajstić information content (AvgIpc) is 2.25. The number of benzene rings is 1. The lowest BCUT2D eigenvalue weighted by Gasteiger charge is -2.10. The largest absolute Gasteiger partial charge is 0.392 e. The third-order valence-corrected chi connectivity index (χ3v) is 2.68. The quantitative estimate of drug-likeness (QED) is 0.728. The predicted octanol–water partition coefficient (Wildman–Crippen LogP) is 3.43. The molecule has 0 spiro atoms. The molecule has 82 valence electrons. The third-order valence-electron chi connectivity index (χ3n) is 2.68. The van der Waals surface area contributed by atoms with Gasteiger partial charge in [0.15, 0.2) is 0 Å². The van der Waals surface area contributed by atoms with Gasteiger partial charge in [0.05, 0.1) is 6.61 Å². The van der Waals surface area contributed by atoms with Crippen LogP contribution in [0.2, 0.25) is 0 Å². The molecular weight excluding hydrogens is 184 g/mol. The molecular formula is C14H20O. The first-order valence-corrected chi connectivity index (χ1v) is 5.56. The van der Waals surface area contributed by atoms with Gasteiger partial charge >= 0.3 is 0 Å². The molecule has 0 aliphatic heterocycles. The minimum Gasteiger partial charge on any atom is -0.392 e. The number of aliphatic hydroxyl groups excluding tert-OH is 1. The average molecular weight is 204 g/mol. The summed E-state index contributed by atoms with van der Waals surface area (Å²) in [6.45, 7) is 4.51.